The lowest BCUT2D eigenvalue weighted by molar-refractivity contribution is 0.101. The molecule has 0 N–H and O–H groups in total. The van der Waals surface area contributed by atoms with Crippen LogP contribution in [-0.2, 0) is 0 Å². The summed E-state index contributed by atoms with van der Waals surface area (Å²) in [5.41, 5.74) is 0.350. The van der Waals surface area contributed by atoms with Crippen molar-refractivity contribution >= 4 is 5.78 Å². The first-order chi connectivity index (χ1) is 5.16. The highest BCUT2D eigenvalue weighted by Crippen LogP contribution is 2.12. The fourth-order valence-electron chi connectivity index (χ4n) is 0.863. The van der Waals surface area contributed by atoms with Gasteiger partial charge in [0.05, 0.1) is 5.56 Å². The van der Waals surface area contributed by atoms with E-state index in [1.165, 1.54) is 6.92 Å². The van der Waals surface area contributed by atoms with E-state index >= 15 is 0 Å². The first kappa shape index (κ1) is 7.48. The van der Waals surface area contributed by atoms with Crippen molar-refractivity contribution in [3.63, 3.8) is 0 Å². The molecule has 0 saturated heterocycles. The van der Waals surface area contributed by atoms with Crippen molar-refractivity contribution in [1.29, 1.82) is 5.26 Å². The largest absolute Gasteiger partial charge is 0.360 e. The molecule has 0 aromatic carbocycles. The highest BCUT2D eigenvalue weighted by Gasteiger charge is 2.15. The van der Waals surface area contributed by atoms with E-state index in [4.69, 9.17) is 5.26 Å². The lowest BCUT2D eigenvalue weighted by Crippen LogP contribution is -1.95. The Bertz CT molecular complexity index is 333. The minimum absolute atomic E-state index is 0.0648. The summed E-state index contributed by atoms with van der Waals surface area (Å²) in [6.45, 7) is 2.98. The molecular formula is C7H6N2O2. The fourth-order valence-corrected chi connectivity index (χ4v) is 0.863. The third-order valence-electron chi connectivity index (χ3n) is 1.32. The Labute approximate surface area is 63.4 Å². The predicted octanol–water partition coefficient (Wildman–Crippen LogP) is 1.06. The number of nitriles is 1. The van der Waals surface area contributed by atoms with Gasteiger partial charge >= 0.3 is 0 Å². The second kappa shape index (κ2) is 2.54. The molecule has 1 heterocycles. The number of Topliss-reactive ketones (excluding diaryl/α,β-unsaturated/α-hetero) is 1. The van der Waals surface area contributed by atoms with Crippen LogP contribution in [0.2, 0.25) is 0 Å². The van der Waals surface area contributed by atoms with Crippen molar-refractivity contribution in [2.24, 2.45) is 0 Å². The topological polar surface area (TPSA) is 66.9 Å². The molecule has 0 aliphatic rings. The maximum atomic E-state index is 10.9. The summed E-state index contributed by atoms with van der Waals surface area (Å²) in [6, 6.07) is 1.77. The second-order valence-corrected chi connectivity index (χ2v) is 2.13. The number of aryl methyl sites for hydroxylation is 1. The van der Waals surface area contributed by atoms with Crippen LogP contribution in [-0.4, -0.2) is 10.9 Å². The van der Waals surface area contributed by atoms with E-state index in [1.54, 1.807) is 13.0 Å². The van der Waals surface area contributed by atoms with E-state index in [0.717, 1.165) is 0 Å². The maximum absolute atomic E-state index is 10.9. The number of carbonyl (C=O) groups excluding carboxylic acids is 1. The van der Waals surface area contributed by atoms with E-state index in [1.807, 2.05) is 0 Å². The molecule has 0 fully saturated rings. The van der Waals surface area contributed by atoms with Crippen molar-refractivity contribution in [2.75, 3.05) is 0 Å². The normalized spacial score (nSPS) is 9.18. The van der Waals surface area contributed by atoms with Crippen molar-refractivity contribution in [2.45, 2.75) is 13.8 Å². The van der Waals surface area contributed by atoms with Crippen LogP contribution >= 0.6 is 0 Å². The van der Waals surface area contributed by atoms with Gasteiger partial charge in [-0.25, -0.2) is 0 Å². The molecule has 56 valence electrons. The Hall–Kier alpha value is -1.63. The number of hydrogen-bond acceptors (Lipinski definition) is 4. The number of aromatic nitrogens is 1. The number of nitrogens with zero attached hydrogens (tertiary/aromatic N) is 2. The van der Waals surface area contributed by atoms with Gasteiger partial charge in [0.15, 0.2) is 11.5 Å². The summed E-state index contributed by atoms with van der Waals surface area (Å²) >= 11 is 0. The summed E-state index contributed by atoms with van der Waals surface area (Å²) in [7, 11) is 0. The number of rotatable bonds is 1. The molecule has 1 aromatic heterocycles. The van der Waals surface area contributed by atoms with E-state index in [0.29, 0.717) is 5.76 Å². The van der Waals surface area contributed by atoms with Gasteiger partial charge in [0.25, 0.3) is 0 Å². The first-order valence-electron chi connectivity index (χ1n) is 3.04. The van der Waals surface area contributed by atoms with Crippen LogP contribution in [0.1, 0.15) is 28.7 Å². The zero-order valence-corrected chi connectivity index (χ0v) is 6.21. The second-order valence-electron chi connectivity index (χ2n) is 2.13. The van der Waals surface area contributed by atoms with E-state index < -0.39 is 0 Å². The lowest BCUT2D eigenvalue weighted by Gasteiger charge is -1.86. The number of carbonyl (C=O) groups is 1. The molecule has 0 spiro atoms. The van der Waals surface area contributed by atoms with E-state index in [9.17, 15) is 4.79 Å². The monoisotopic (exact) mass is 150 g/mol. The van der Waals surface area contributed by atoms with Crippen LogP contribution < -0.4 is 0 Å². The average Bonchev–Trinajstić information content (AvgIpc) is 2.30. The average molecular weight is 150 g/mol. The zero-order valence-electron chi connectivity index (χ0n) is 6.21. The quantitative estimate of drug-likeness (QED) is 0.561. The van der Waals surface area contributed by atoms with Crippen molar-refractivity contribution in [1.82, 2.24) is 5.16 Å². The summed E-state index contributed by atoms with van der Waals surface area (Å²) in [6.07, 6.45) is 0. The molecule has 11 heavy (non-hydrogen) atoms. The first-order valence-corrected chi connectivity index (χ1v) is 3.04. The minimum atomic E-state index is -0.194. The Morgan fingerprint density at radius 3 is 2.73 bits per heavy atom. The standard InChI is InChI=1S/C7H6N2O2/c1-4(10)7-5(2)11-9-6(7)3-8/h1-2H3. The Morgan fingerprint density at radius 1 is 1.73 bits per heavy atom. The Kier molecular flexibility index (Phi) is 1.73. The van der Waals surface area contributed by atoms with Gasteiger partial charge in [-0.3, -0.25) is 4.79 Å². The van der Waals surface area contributed by atoms with Crippen LogP contribution in [0.4, 0.5) is 0 Å². The van der Waals surface area contributed by atoms with Crippen molar-refractivity contribution in [3.8, 4) is 6.07 Å². The fraction of sp³-hybridized carbons (Fsp3) is 0.286. The van der Waals surface area contributed by atoms with Crippen LogP contribution in [0.25, 0.3) is 0 Å². The molecule has 0 atom stereocenters. The van der Waals surface area contributed by atoms with Gasteiger partial charge in [-0.2, -0.15) is 5.26 Å². The van der Waals surface area contributed by atoms with Gasteiger partial charge in [-0.15, -0.1) is 0 Å². The third kappa shape index (κ3) is 1.13. The molecule has 1 rings (SSSR count). The Morgan fingerprint density at radius 2 is 2.36 bits per heavy atom. The number of ketones is 1. The van der Waals surface area contributed by atoms with Crippen molar-refractivity contribution in [3.05, 3.63) is 17.0 Å². The molecule has 0 aliphatic heterocycles. The molecule has 4 nitrogen and oxygen atoms in total. The summed E-state index contributed by atoms with van der Waals surface area (Å²) in [5.74, 6) is 0.203. The van der Waals surface area contributed by atoms with Crippen LogP contribution in [0.5, 0.6) is 0 Å². The van der Waals surface area contributed by atoms with Gasteiger partial charge in [-0.1, -0.05) is 5.16 Å². The van der Waals surface area contributed by atoms with Crippen LogP contribution in [0.3, 0.4) is 0 Å². The molecule has 4 heteroatoms. The third-order valence-corrected chi connectivity index (χ3v) is 1.32. The van der Waals surface area contributed by atoms with Gasteiger partial charge in [0.2, 0.25) is 0 Å². The van der Waals surface area contributed by atoms with Gasteiger partial charge in [-0.05, 0) is 13.8 Å². The Balaban J connectivity index is 3.32. The molecule has 1 aromatic rings. The van der Waals surface area contributed by atoms with Crippen LogP contribution in [0.15, 0.2) is 4.52 Å². The molecule has 0 radical (unpaired) electrons. The van der Waals surface area contributed by atoms with Gasteiger partial charge < -0.3 is 4.52 Å². The van der Waals surface area contributed by atoms with E-state index in [2.05, 4.69) is 9.68 Å². The minimum Gasteiger partial charge on any atom is -0.360 e. The molecule has 0 aliphatic carbocycles. The lowest BCUT2D eigenvalue weighted by atomic mass is 10.1. The zero-order chi connectivity index (χ0) is 8.43. The SMILES string of the molecule is CC(=O)c1c(C#N)noc1C. The number of hydrogen-bond donors (Lipinski definition) is 0. The molecule has 0 unspecified atom stereocenters. The highest BCUT2D eigenvalue weighted by molar-refractivity contribution is 5.96. The van der Waals surface area contributed by atoms with Crippen molar-refractivity contribution < 1.29 is 9.32 Å². The van der Waals surface area contributed by atoms with E-state index in [-0.39, 0.29) is 17.0 Å². The molecule has 0 bridgehead atoms. The highest BCUT2D eigenvalue weighted by atomic mass is 16.5. The summed E-state index contributed by atoms with van der Waals surface area (Å²) in [5, 5.41) is 11.9. The molecule has 0 amide bonds. The summed E-state index contributed by atoms with van der Waals surface area (Å²) in [4.78, 5) is 10.9. The van der Waals surface area contributed by atoms with Gasteiger partial charge in [0, 0.05) is 0 Å². The molecular weight excluding hydrogens is 144 g/mol. The van der Waals surface area contributed by atoms with Crippen LogP contribution in [0, 0.1) is 18.3 Å². The molecule has 0 saturated carbocycles. The van der Waals surface area contributed by atoms with Gasteiger partial charge in [0.1, 0.15) is 11.8 Å². The smallest absolute Gasteiger partial charge is 0.194 e. The summed E-state index contributed by atoms with van der Waals surface area (Å²) < 4.78 is 4.65. The maximum Gasteiger partial charge on any atom is 0.194 e. The predicted molar refractivity (Wildman–Crippen MR) is 36.0 cm³/mol.